The van der Waals surface area contributed by atoms with E-state index in [-0.39, 0.29) is 12.4 Å². The van der Waals surface area contributed by atoms with E-state index in [0.717, 1.165) is 18.7 Å². The van der Waals surface area contributed by atoms with Gasteiger partial charge in [-0.15, -0.1) is 12.4 Å². The minimum absolute atomic E-state index is 0. The number of aromatic nitrogens is 2. The smallest absolute Gasteiger partial charge is 0.137 e. The summed E-state index contributed by atoms with van der Waals surface area (Å²) < 4.78 is 0. The van der Waals surface area contributed by atoms with Crippen molar-refractivity contribution in [3.63, 3.8) is 0 Å². The molecule has 0 radical (unpaired) electrons. The zero-order valence-electron chi connectivity index (χ0n) is 10.1. The van der Waals surface area contributed by atoms with Crippen LogP contribution in [-0.2, 0) is 0 Å². The Morgan fingerprint density at radius 3 is 3.00 bits per heavy atom. The van der Waals surface area contributed by atoms with Crippen LogP contribution in [0, 0.1) is 5.41 Å². The maximum Gasteiger partial charge on any atom is 0.137 e. The first-order valence-electron chi connectivity index (χ1n) is 6.21. The van der Waals surface area contributed by atoms with Crippen LogP contribution in [0.4, 0.5) is 0 Å². The molecule has 2 N–H and O–H groups in total. The lowest BCUT2D eigenvalue weighted by atomic mass is 9.94. The summed E-state index contributed by atoms with van der Waals surface area (Å²) in [6.45, 7) is 2.13. The van der Waals surface area contributed by atoms with Gasteiger partial charge in [0.15, 0.2) is 0 Å². The summed E-state index contributed by atoms with van der Waals surface area (Å²) in [7, 11) is 0. The molecule has 0 saturated heterocycles. The van der Waals surface area contributed by atoms with Gasteiger partial charge in [-0.25, -0.2) is 4.98 Å². The molecular formula is C14H16ClN3. The zero-order valence-corrected chi connectivity index (χ0v) is 10.9. The summed E-state index contributed by atoms with van der Waals surface area (Å²) in [6, 6.07) is 4.15. The highest BCUT2D eigenvalue weighted by Gasteiger charge is 2.42. The molecule has 4 heteroatoms. The van der Waals surface area contributed by atoms with E-state index in [1.807, 2.05) is 12.3 Å². The lowest BCUT2D eigenvalue weighted by Gasteiger charge is -2.21. The summed E-state index contributed by atoms with van der Waals surface area (Å²) in [4.78, 5) is 7.60. The maximum atomic E-state index is 4.35. The van der Waals surface area contributed by atoms with Crippen LogP contribution in [0.15, 0.2) is 30.6 Å². The summed E-state index contributed by atoms with van der Waals surface area (Å²) in [5.74, 6) is 0. The number of pyridine rings is 1. The van der Waals surface area contributed by atoms with E-state index < -0.39 is 0 Å². The third-order valence-electron chi connectivity index (χ3n) is 3.96. The summed E-state index contributed by atoms with van der Waals surface area (Å²) in [6.07, 6.45) is 9.08. The second-order valence-electron chi connectivity index (χ2n) is 5.24. The summed E-state index contributed by atoms with van der Waals surface area (Å²) >= 11 is 0. The van der Waals surface area contributed by atoms with Crippen molar-refractivity contribution in [1.82, 2.24) is 15.3 Å². The average molecular weight is 262 g/mol. The molecule has 0 aromatic carbocycles. The van der Waals surface area contributed by atoms with E-state index in [4.69, 9.17) is 0 Å². The minimum Gasteiger partial charge on any atom is -0.346 e. The van der Waals surface area contributed by atoms with Gasteiger partial charge in [0, 0.05) is 41.8 Å². The van der Waals surface area contributed by atoms with Crippen molar-refractivity contribution in [3.05, 3.63) is 36.2 Å². The number of aromatic amines is 1. The molecule has 0 bridgehead atoms. The van der Waals surface area contributed by atoms with E-state index in [0.29, 0.717) is 5.41 Å². The number of rotatable bonds is 1. The molecule has 3 heterocycles. The lowest BCUT2D eigenvalue weighted by Crippen LogP contribution is -2.29. The standard InChI is InChI=1S/C14H15N3.ClH/c1-2-11-12(8-17-13(11)16-5-1)10-6-14(3-4-14)9-15-7-10;/h1-2,5-6,8,15H,3-4,7,9H2,(H,16,17);1H. The van der Waals surface area contributed by atoms with Crippen molar-refractivity contribution >= 4 is 29.0 Å². The van der Waals surface area contributed by atoms with Gasteiger partial charge >= 0.3 is 0 Å². The SMILES string of the molecule is C1=C(c2c[nH]c3ncccc23)CNCC12CC2.Cl. The van der Waals surface area contributed by atoms with Crippen LogP contribution in [-0.4, -0.2) is 23.1 Å². The molecule has 0 amide bonds. The van der Waals surface area contributed by atoms with Crippen LogP contribution in [0.25, 0.3) is 16.6 Å². The van der Waals surface area contributed by atoms with Gasteiger partial charge in [0.2, 0.25) is 0 Å². The van der Waals surface area contributed by atoms with Crippen molar-refractivity contribution < 1.29 is 0 Å². The van der Waals surface area contributed by atoms with E-state index in [1.165, 1.54) is 29.4 Å². The average Bonchev–Trinajstić information content (AvgIpc) is 2.96. The quantitative estimate of drug-likeness (QED) is 0.829. The van der Waals surface area contributed by atoms with Crippen molar-refractivity contribution in [2.45, 2.75) is 12.8 Å². The second-order valence-corrected chi connectivity index (χ2v) is 5.24. The Kier molecular flexibility index (Phi) is 2.68. The second kappa shape index (κ2) is 4.11. The number of halogens is 1. The number of H-pyrrole nitrogens is 1. The number of nitrogens with one attached hydrogen (secondary N) is 2. The van der Waals surface area contributed by atoms with Gasteiger partial charge in [-0.05, 0) is 30.5 Å². The Labute approximate surface area is 112 Å². The van der Waals surface area contributed by atoms with Gasteiger partial charge in [0.1, 0.15) is 5.65 Å². The minimum atomic E-state index is 0. The van der Waals surface area contributed by atoms with Crippen LogP contribution in [0.3, 0.4) is 0 Å². The Morgan fingerprint density at radius 1 is 1.28 bits per heavy atom. The van der Waals surface area contributed by atoms with E-state index in [9.17, 15) is 0 Å². The molecule has 1 aliphatic heterocycles. The van der Waals surface area contributed by atoms with Gasteiger partial charge < -0.3 is 10.3 Å². The van der Waals surface area contributed by atoms with Crippen LogP contribution >= 0.6 is 12.4 Å². The molecular weight excluding hydrogens is 246 g/mol. The first-order valence-corrected chi connectivity index (χ1v) is 6.21. The van der Waals surface area contributed by atoms with Gasteiger partial charge in [-0.1, -0.05) is 6.08 Å². The fourth-order valence-corrected chi connectivity index (χ4v) is 2.79. The predicted molar refractivity (Wildman–Crippen MR) is 75.9 cm³/mol. The van der Waals surface area contributed by atoms with E-state index >= 15 is 0 Å². The fraction of sp³-hybridized carbons (Fsp3) is 0.357. The largest absolute Gasteiger partial charge is 0.346 e. The van der Waals surface area contributed by atoms with Gasteiger partial charge in [-0.2, -0.15) is 0 Å². The monoisotopic (exact) mass is 261 g/mol. The molecule has 0 unspecified atom stereocenters. The van der Waals surface area contributed by atoms with Crippen molar-refractivity contribution in [2.75, 3.05) is 13.1 Å². The maximum absolute atomic E-state index is 4.35. The number of fused-ring (bicyclic) bond motifs is 1. The first kappa shape index (κ1) is 11.8. The Hall–Kier alpha value is -1.32. The molecule has 4 rings (SSSR count). The molecule has 18 heavy (non-hydrogen) atoms. The molecule has 2 aromatic rings. The molecule has 2 aliphatic rings. The fourth-order valence-electron chi connectivity index (χ4n) is 2.79. The van der Waals surface area contributed by atoms with Crippen molar-refractivity contribution in [2.24, 2.45) is 5.41 Å². The Morgan fingerprint density at radius 2 is 2.17 bits per heavy atom. The third-order valence-corrected chi connectivity index (χ3v) is 3.96. The Bertz CT molecular complexity index is 610. The van der Waals surface area contributed by atoms with Gasteiger partial charge in [0.05, 0.1) is 0 Å². The molecule has 94 valence electrons. The normalized spacial score (nSPS) is 20.6. The molecule has 1 saturated carbocycles. The topological polar surface area (TPSA) is 40.7 Å². The highest BCUT2D eigenvalue weighted by atomic mass is 35.5. The van der Waals surface area contributed by atoms with Gasteiger partial charge in [0.25, 0.3) is 0 Å². The van der Waals surface area contributed by atoms with Crippen LogP contribution in [0.2, 0.25) is 0 Å². The zero-order chi connectivity index (χ0) is 11.3. The molecule has 1 aliphatic carbocycles. The molecule has 2 aromatic heterocycles. The molecule has 0 atom stereocenters. The summed E-state index contributed by atoms with van der Waals surface area (Å²) in [5.41, 5.74) is 4.19. The number of nitrogens with zero attached hydrogens (tertiary/aromatic N) is 1. The van der Waals surface area contributed by atoms with Crippen LogP contribution < -0.4 is 5.32 Å². The van der Waals surface area contributed by atoms with E-state index in [1.54, 1.807) is 0 Å². The highest BCUT2D eigenvalue weighted by molar-refractivity contribution is 5.91. The molecule has 3 nitrogen and oxygen atoms in total. The van der Waals surface area contributed by atoms with Crippen molar-refractivity contribution in [1.29, 1.82) is 0 Å². The lowest BCUT2D eigenvalue weighted by molar-refractivity contribution is 0.555. The van der Waals surface area contributed by atoms with Crippen molar-refractivity contribution in [3.8, 4) is 0 Å². The number of hydrogen-bond acceptors (Lipinski definition) is 2. The third kappa shape index (κ3) is 1.74. The summed E-state index contributed by atoms with van der Waals surface area (Å²) in [5, 5.41) is 4.77. The predicted octanol–water partition coefficient (Wildman–Crippen LogP) is 2.75. The number of hydrogen-bond donors (Lipinski definition) is 2. The van der Waals surface area contributed by atoms with Gasteiger partial charge in [-0.3, -0.25) is 0 Å². The van der Waals surface area contributed by atoms with Crippen LogP contribution in [0.1, 0.15) is 18.4 Å². The molecule has 1 fully saturated rings. The Balaban J connectivity index is 0.000001000. The van der Waals surface area contributed by atoms with Crippen LogP contribution in [0.5, 0.6) is 0 Å². The van der Waals surface area contributed by atoms with E-state index in [2.05, 4.69) is 33.6 Å². The first-order chi connectivity index (χ1) is 8.36. The molecule has 1 spiro atoms. The highest BCUT2D eigenvalue weighted by Crippen LogP contribution is 2.49.